The van der Waals surface area contributed by atoms with Gasteiger partial charge in [-0.2, -0.15) is 9.78 Å². The van der Waals surface area contributed by atoms with Gasteiger partial charge in [0.25, 0.3) is 11.5 Å². The number of halogens is 1. The average Bonchev–Trinajstić information content (AvgIpc) is 2.62. The maximum atomic E-state index is 13.1. The predicted octanol–water partition coefficient (Wildman–Crippen LogP) is -0.649. The highest BCUT2D eigenvalue weighted by Gasteiger charge is 2.27. The van der Waals surface area contributed by atoms with E-state index < -0.39 is 11.4 Å². The Balaban J connectivity index is 2.00. The number of aromatic nitrogens is 2. The quantitative estimate of drug-likeness (QED) is 0.801. The molecule has 0 saturated carbocycles. The van der Waals surface area contributed by atoms with Crippen molar-refractivity contribution in [2.24, 2.45) is 0 Å². The van der Waals surface area contributed by atoms with E-state index in [-0.39, 0.29) is 17.4 Å². The number of benzene rings is 1. The van der Waals surface area contributed by atoms with Crippen molar-refractivity contribution < 1.29 is 18.8 Å². The summed E-state index contributed by atoms with van der Waals surface area (Å²) in [6.07, 6.45) is 0. The van der Waals surface area contributed by atoms with Gasteiger partial charge in [0.1, 0.15) is 5.82 Å². The molecule has 1 amide bonds. The van der Waals surface area contributed by atoms with E-state index in [1.165, 1.54) is 42.3 Å². The Morgan fingerprint density at radius 2 is 1.88 bits per heavy atom. The Kier molecular flexibility index (Phi) is 4.80. The summed E-state index contributed by atoms with van der Waals surface area (Å²) in [5.74, 6) is -0.554. The van der Waals surface area contributed by atoms with Crippen molar-refractivity contribution in [3.63, 3.8) is 0 Å². The molecule has 0 radical (unpaired) electrons. The van der Waals surface area contributed by atoms with E-state index in [0.29, 0.717) is 18.8 Å². The minimum Gasteiger partial charge on any atom is -0.494 e. The van der Waals surface area contributed by atoms with Crippen molar-refractivity contribution in [3.8, 4) is 11.4 Å². The SMILES string of the molecule is COc1cc(=O)n(-c2ccc(F)cc2)nc1C(=O)N1CC[NH+](C)CC1. The fourth-order valence-electron chi connectivity index (χ4n) is 2.75. The molecule has 0 atom stereocenters. The van der Waals surface area contributed by atoms with Crippen LogP contribution < -0.4 is 15.2 Å². The molecule has 25 heavy (non-hydrogen) atoms. The molecule has 0 spiro atoms. The molecule has 2 aromatic rings. The van der Waals surface area contributed by atoms with E-state index >= 15 is 0 Å². The van der Waals surface area contributed by atoms with Crippen molar-refractivity contribution in [2.45, 2.75) is 0 Å². The summed E-state index contributed by atoms with van der Waals surface area (Å²) < 4.78 is 19.4. The zero-order valence-electron chi connectivity index (χ0n) is 14.2. The van der Waals surface area contributed by atoms with Crippen LogP contribution in [0.4, 0.5) is 4.39 Å². The molecular formula is C17H20FN4O3+. The number of ether oxygens (including phenoxy) is 1. The Labute approximate surface area is 144 Å². The number of methoxy groups -OCH3 is 1. The molecule has 0 unspecified atom stereocenters. The maximum Gasteiger partial charge on any atom is 0.278 e. The lowest BCUT2D eigenvalue weighted by molar-refractivity contribution is -0.883. The predicted molar refractivity (Wildman–Crippen MR) is 88.9 cm³/mol. The molecule has 1 fully saturated rings. The van der Waals surface area contributed by atoms with Gasteiger partial charge < -0.3 is 14.5 Å². The minimum absolute atomic E-state index is 0.0750. The van der Waals surface area contributed by atoms with Crippen molar-refractivity contribution in [2.75, 3.05) is 40.3 Å². The third-order valence-electron chi connectivity index (χ3n) is 4.29. The van der Waals surface area contributed by atoms with E-state index in [1.807, 2.05) is 0 Å². The first kappa shape index (κ1) is 17.1. The summed E-state index contributed by atoms with van der Waals surface area (Å²) in [5, 5.41) is 4.20. The molecule has 132 valence electrons. The Morgan fingerprint density at radius 3 is 2.48 bits per heavy atom. The smallest absolute Gasteiger partial charge is 0.278 e. The van der Waals surface area contributed by atoms with Crippen LogP contribution in [-0.4, -0.2) is 60.9 Å². The minimum atomic E-state index is -0.456. The average molecular weight is 347 g/mol. The maximum absolute atomic E-state index is 13.1. The number of piperazine rings is 1. The number of hydrogen-bond acceptors (Lipinski definition) is 4. The molecule has 1 aromatic heterocycles. The van der Waals surface area contributed by atoms with E-state index in [0.717, 1.165) is 17.8 Å². The second-order valence-corrected chi connectivity index (χ2v) is 6.04. The van der Waals surface area contributed by atoms with Gasteiger partial charge in [-0.3, -0.25) is 9.59 Å². The summed E-state index contributed by atoms with van der Waals surface area (Å²) in [4.78, 5) is 28.2. The summed E-state index contributed by atoms with van der Waals surface area (Å²) in [5.41, 5.74) is -0.000247. The van der Waals surface area contributed by atoms with Gasteiger partial charge in [-0.05, 0) is 24.3 Å². The second-order valence-electron chi connectivity index (χ2n) is 6.04. The molecule has 0 aliphatic carbocycles. The number of rotatable bonds is 3. The van der Waals surface area contributed by atoms with Crippen molar-refractivity contribution in [1.29, 1.82) is 0 Å². The van der Waals surface area contributed by atoms with E-state index in [1.54, 1.807) is 4.90 Å². The fourth-order valence-corrected chi connectivity index (χ4v) is 2.75. The molecular weight excluding hydrogens is 327 g/mol. The van der Waals surface area contributed by atoms with Crippen LogP contribution in [0.15, 0.2) is 35.1 Å². The third-order valence-corrected chi connectivity index (χ3v) is 4.29. The zero-order chi connectivity index (χ0) is 18.0. The number of nitrogens with one attached hydrogen (secondary N) is 1. The van der Waals surface area contributed by atoms with E-state index in [4.69, 9.17) is 4.74 Å². The normalized spacial score (nSPS) is 15.2. The number of amides is 1. The lowest BCUT2D eigenvalue weighted by Crippen LogP contribution is -3.12. The monoisotopic (exact) mass is 347 g/mol. The summed E-state index contributed by atoms with van der Waals surface area (Å²) in [7, 11) is 3.47. The van der Waals surface area contributed by atoms with Gasteiger partial charge in [0.2, 0.25) is 0 Å². The number of hydrogen-bond donors (Lipinski definition) is 1. The van der Waals surface area contributed by atoms with Crippen LogP contribution in [0.1, 0.15) is 10.5 Å². The standard InChI is InChI=1S/C17H19FN4O3/c1-20-7-9-21(10-8-20)17(24)16-14(25-2)11-15(23)22(19-16)13-5-3-12(18)4-6-13/h3-6,11H,7-10H2,1-2H3/p+1. The van der Waals surface area contributed by atoms with Gasteiger partial charge in [0.15, 0.2) is 11.4 Å². The van der Waals surface area contributed by atoms with Crippen LogP contribution in [0, 0.1) is 5.82 Å². The summed E-state index contributed by atoms with van der Waals surface area (Å²) >= 11 is 0. The van der Waals surface area contributed by atoms with Crippen LogP contribution in [0.3, 0.4) is 0 Å². The number of carbonyl (C=O) groups is 1. The molecule has 3 rings (SSSR count). The molecule has 1 aromatic carbocycles. The van der Waals surface area contributed by atoms with Gasteiger partial charge in [-0.1, -0.05) is 0 Å². The van der Waals surface area contributed by atoms with E-state index in [2.05, 4.69) is 12.1 Å². The lowest BCUT2D eigenvalue weighted by Gasteiger charge is -2.30. The third kappa shape index (κ3) is 3.53. The molecule has 0 bridgehead atoms. The van der Waals surface area contributed by atoms with Crippen LogP contribution in [0.5, 0.6) is 5.75 Å². The number of likely N-dealkylation sites (N-methyl/N-ethyl adjacent to an activating group) is 1. The number of quaternary nitrogens is 1. The Morgan fingerprint density at radius 1 is 1.24 bits per heavy atom. The molecule has 7 nitrogen and oxygen atoms in total. The topological polar surface area (TPSA) is 68.9 Å². The highest BCUT2D eigenvalue weighted by Crippen LogP contribution is 2.17. The highest BCUT2D eigenvalue weighted by molar-refractivity contribution is 5.94. The Bertz CT molecular complexity index is 827. The van der Waals surface area contributed by atoms with Gasteiger partial charge in [-0.25, -0.2) is 4.39 Å². The highest BCUT2D eigenvalue weighted by atomic mass is 19.1. The zero-order valence-corrected chi connectivity index (χ0v) is 14.2. The van der Waals surface area contributed by atoms with Crippen LogP contribution in [-0.2, 0) is 0 Å². The van der Waals surface area contributed by atoms with Gasteiger partial charge in [0.05, 0.1) is 52.1 Å². The molecule has 1 saturated heterocycles. The molecule has 2 heterocycles. The summed E-state index contributed by atoms with van der Waals surface area (Å²) in [6, 6.07) is 6.56. The lowest BCUT2D eigenvalue weighted by atomic mass is 10.2. The van der Waals surface area contributed by atoms with Gasteiger partial charge in [0, 0.05) is 0 Å². The first-order chi connectivity index (χ1) is 12.0. The number of carbonyl (C=O) groups excluding carboxylic acids is 1. The molecule has 1 N–H and O–H groups in total. The van der Waals surface area contributed by atoms with Gasteiger partial charge in [-0.15, -0.1) is 0 Å². The van der Waals surface area contributed by atoms with Crippen molar-refractivity contribution in [1.82, 2.24) is 14.7 Å². The first-order valence-electron chi connectivity index (χ1n) is 8.04. The van der Waals surface area contributed by atoms with E-state index in [9.17, 15) is 14.0 Å². The first-order valence-corrected chi connectivity index (χ1v) is 8.04. The molecule has 1 aliphatic rings. The fraction of sp³-hybridized carbons (Fsp3) is 0.353. The van der Waals surface area contributed by atoms with Crippen molar-refractivity contribution >= 4 is 5.91 Å². The molecule has 8 heteroatoms. The number of nitrogens with zero attached hydrogens (tertiary/aromatic N) is 3. The summed E-state index contributed by atoms with van der Waals surface area (Å²) in [6.45, 7) is 2.94. The van der Waals surface area contributed by atoms with Crippen LogP contribution in [0.2, 0.25) is 0 Å². The second kappa shape index (κ2) is 7.02. The largest absolute Gasteiger partial charge is 0.494 e. The van der Waals surface area contributed by atoms with Crippen LogP contribution >= 0.6 is 0 Å². The van der Waals surface area contributed by atoms with Crippen LogP contribution in [0.25, 0.3) is 5.69 Å². The van der Waals surface area contributed by atoms with Gasteiger partial charge >= 0.3 is 0 Å². The Hall–Kier alpha value is -2.74. The van der Waals surface area contributed by atoms with Crippen molar-refractivity contribution in [3.05, 3.63) is 52.2 Å². The molecule has 1 aliphatic heterocycles.